The first-order valence-electron chi connectivity index (χ1n) is 13.9. The lowest BCUT2D eigenvalue weighted by molar-refractivity contribution is -0.134. The van der Waals surface area contributed by atoms with Crippen LogP contribution in [0.25, 0.3) is 10.8 Å². The van der Waals surface area contributed by atoms with Gasteiger partial charge in [-0.15, -0.1) is 12.4 Å². The number of aliphatic carboxylic acids is 2. The first-order valence-corrected chi connectivity index (χ1v) is 14.3. The molecule has 232 valence electrons. The van der Waals surface area contributed by atoms with E-state index in [0.717, 1.165) is 49.0 Å². The van der Waals surface area contributed by atoms with Crippen LogP contribution in [0.5, 0.6) is 0 Å². The number of carboxylic acids is 2. The zero-order chi connectivity index (χ0) is 31.0. The van der Waals surface area contributed by atoms with Gasteiger partial charge < -0.3 is 20.4 Å². The number of hydrogen-bond donors (Lipinski definition) is 3. The number of hydrogen-bond acceptors (Lipinski definition) is 6. The van der Waals surface area contributed by atoms with Crippen LogP contribution in [0.1, 0.15) is 29.2 Å². The highest BCUT2D eigenvalue weighted by Gasteiger charge is 2.15. The minimum absolute atomic E-state index is 0. The van der Waals surface area contributed by atoms with Crippen LogP contribution >= 0.6 is 24.0 Å². The van der Waals surface area contributed by atoms with Crippen LogP contribution in [0.4, 0.5) is 0 Å². The van der Waals surface area contributed by atoms with Crippen LogP contribution in [-0.4, -0.2) is 71.6 Å². The van der Waals surface area contributed by atoms with E-state index in [0.29, 0.717) is 18.1 Å². The summed E-state index contributed by atoms with van der Waals surface area (Å²) in [5.74, 6) is -1.07. The second-order valence-corrected chi connectivity index (χ2v) is 10.5. The molecule has 0 radical (unpaired) electrons. The van der Waals surface area contributed by atoms with Crippen molar-refractivity contribution >= 4 is 52.6 Å². The molecular weight excluding hydrogens is 599 g/mol. The number of carboxylic acid groups (broad SMARTS) is 2. The molecule has 5 rings (SSSR count). The van der Waals surface area contributed by atoms with Gasteiger partial charge in [-0.2, -0.15) is 0 Å². The molecule has 0 aliphatic carbocycles. The molecule has 0 saturated heterocycles. The summed E-state index contributed by atoms with van der Waals surface area (Å²) in [6.07, 6.45) is 4.94. The Morgan fingerprint density at radius 3 is 2.18 bits per heavy atom. The lowest BCUT2D eigenvalue weighted by Crippen LogP contribution is -2.20. The van der Waals surface area contributed by atoms with Gasteiger partial charge in [0.25, 0.3) is 0 Å². The van der Waals surface area contributed by atoms with Crippen molar-refractivity contribution in [3.05, 3.63) is 125 Å². The van der Waals surface area contributed by atoms with Gasteiger partial charge in [-0.3, -0.25) is 9.98 Å². The zero-order valence-corrected chi connectivity index (χ0v) is 26.3. The topological polar surface area (TPSA) is 115 Å². The number of carbonyl (C=O) groups is 2. The average Bonchev–Trinajstić information content (AvgIpc) is 3.52. The number of aliphatic imine (C=N–C) groups is 1. The molecule has 1 aromatic heterocycles. The summed E-state index contributed by atoms with van der Waals surface area (Å²) in [4.78, 5) is 30.3. The Morgan fingerprint density at radius 2 is 1.59 bits per heavy atom. The fourth-order valence-electron chi connectivity index (χ4n) is 4.48. The van der Waals surface area contributed by atoms with E-state index in [1.54, 1.807) is 0 Å². The molecule has 1 aliphatic rings. The molecule has 0 amide bonds. The number of aromatic nitrogens is 1. The number of rotatable bonds is 9. The molecule has 10 heteroatoms. The minimum atomic E-state index is -1.26. The zero-order valence-electron chi connectivity index (χ0n) is 24.8. The van der Waals surface area contributed by atoms with Gasteiger partial charge in [0.2, 0.25) is 0 Å². The van der Waals surface area contributed by atoms with Crippen LogP contribution in [0.2, 0.25) is 5.02 Å². The molecule has 0 saturated carbocycles. The van der Waals surface area contributed by atoms with E-state index in [4.69, 9.17) is 21.8 Å². The number of pyridine rings is 1. The van der Waals surface area contributed by atoms with E-state index in [1.165, 1.54) is 21.9 Å². The molecule has 3 aromatic carbocycles. The predicted molar refractivity (Wildman–Crippen MR) is 180 cm³/mol. The monoisotopic (exact) mass is 636 g/mol. The summed E-state index contributed by atoms with van der Waals surface area (Å²) in [7, 11) is 4.19. The molecule has 1 atom stereocenters. The Hall–Kier alpha value is -4.24. The van der Waals surface area contributed by atoms with Gasteiger partial charge in [0.1, 0.15) is 5.84 Å². The fraction of sp³-hybridized carbons (Fsp3) is 0.235. The highest BCUT2D eigenvalue weighted by molar-refractivity contribution is 6.30. The van der Waals surface area contributed by atoms with Crippen molar-refractivity contribution < 1.29 is 19.8 Å². The summed E-state index contributed by atoms with van der Waals surface area (Å²) in [5, 5.41) is 22.4. The highest BCUT2D eigenvalue weighted by atomic mass is 35.5. The molecular formula is C34H38Cl2N4O4. The van der Waals surface area contributed by atoms with Crippen molar-refractivity contribution in [2.75, 3.05) is 33.7 Å². The Bertz CT molecular complexity index is 1510. The molecule has 1 unspecified atom stereocenters. The van der Waals surface area contributed by atoms with Crippen LogP contribution in [0.15, 0.2) is 108 Å². The van der Waals surface area contributed by atoms with Crippen molar-refractivity contribution in [3.8, 4) is 0 Å². The summed E-state index contributed by atoms with van der Waals surface area (Å²) in [6.45, 7) is 2.93. The molecule has 0 bridgehead atoms. The quantitative estimate of drug-likeness (QED) is 0.184. The van der Waals surface area contributed by atoms with Gasteiger partial charge in [-0.25, -0.2) is 9.59 Å². The first kappa shape index (κ1) is 36.0. The lowest BCUT2D eigenvalue weighted by atomic mass is 9.92. The molecule has 8 nitrogen and oxygen atoms in total. The van der Waals surface area contributed by atoms with Crippen LogP contribution < -0.4 is 5.32 Å². The van der Waals surface area contributed by atoms with E-state index >= 15 is 0 Å². The third-order valence-corrected chi connectivity index (χ3v) is 6.78. The third-order valence-electron chi connectivity index (χ3n) is 6.53. The molecule has 2 heterocycles. The van der Waals surface area contributed by atoms with Crippen molar-refractivity contribution in [1.82, 2.24) is 15.2 Å². The summed E-state index contributed by atoms with van der Waals surface area (Å²) < 4.78 is 0. The number of halogens is 2. The molecule has 0 spiro atoms. The van der Waals surface area contributed by atoms with Crippen LogP contribution in [0, 0.1) is 0 Å². The molecule has 4 aromatic rings. The fourth-order valence-corrected chi connectivity index (χ4v) is 4.61. The normalized spacial score (nSPS) is 12.6. The van der Waals surface area contributed by atoms with E-state index in [-0.39, 0.29) is 12.4 Å². The first-order chi connectivity index (χ1) is 20.7. The summed E-state index contributed by atoms with van der Waals surface area (Å²) in [6, 6.07) is 29.1. The van der Waals surface area contributed by atoms with Gasteiger partial charge in [-0.05, 0) is 73.2 Å². The molecule has 0 fully saturated rings. The van der Waals surface area contributed by atoms with Crippen molar-refractivity contribution in [3.63, 3.8) is 0 Å². The lowest BCUT2D eigenvalue weighted by Gasteiger charge is -2.19. The number of amidine groups is 1. The van der Waals surface area contributed by atoms with Gasteiger partial charge in [-0.1, -0.05) is 72.3 Å². The van der Waals surface area contributed by atoms with Gasteiger partial charge in [0.05, 0.1) is 6.54 Å². The Kier molecular flexibility index (Phi) is 15.6. The Balaban J connectivity index is 0.000000246. The summed E-state index contributed by atoms with van der Waals surface area (Å²) >= 11 is 5.97. The second-order valence-electron chi connectivity index (χ2n) is 10.0. The van der Waals surface area contributed by atoms with Crippen molar-refractivity contribution in [2.45, 2.75) is 18.8 Å². The van der Waals surface area contributed by atoms with Gasteiger partial charge in [0, 0.05) is 47.9 Å². The standard InChI is InChI=1S/C16H19ClN2.C14H14N2.C4H4O4.ClH/c1-19(2)12-10-15(16-5-3-4-11-18-16)13-6-8-14(17)9-7-13;1-2-7-13-11(4-1)5-3-6-12(13)10-14-15-8-9-16-14;5-3(6)1-2-4(7)8;/h3-9,11,15H,10,12H2,1-2H3;1-7H,8-10H2,(H,15,16);1-2H,(H,5,6)(H,7,8);1H/b;;2-1-;. The maximum atomic E-state index is 9.55. The van der Waals surface area contributed by atoms with E-state index < -0.39 is 11.9 Å². The largest absolute Gasteiger partial charge is 0.478 e. The summed E-state index contributed by atoms with van der Waals surface area (Å²) in [5.41, 5.74) is 3.74. The Labute approximate surface area is 269 Å². The highest BCUT2D eigenvalue weighted by Crippen LogP contribution is 2.27. The Morgan fingerprint density at radius 1 is 0.932 bits per heavy atom. The smallest absolute Gasteiger partial charge is 0.328 e. The maximum Gasteiger partial charge on any atom is 0.328 e. The van der Waals surface area contributed by atoms with Crippen LogP contribution in [0.3, 0.4) is 0 Å². The van der Waals surface area contributed by atoms with Crippen molar-refractivity contribution in [2.24, 2.45) is 4.99 Å². The minimum Gasteiger partial charge on any atom is -0.478 e. The van der Waals surface area contributed by atoms with Crippen molar-refractivity contribution in [1.29, 1.82) is 0 Å². The van der Waals surface area contributed by atoms with E-state index in [9.17, 15) is 9.59 Å². The maximum absolute atomic E-state index is 9.55. The van der Waals surface area contributed by atoms with Gasteiger partial charge >= 0.3 is 11.9 Å². The number of nitrogens with one attached hydrogen (secondary N) is 1. The average molecular weight is 638 g/mol. The third kappa shape index (κ3) is 12.6. The van der Waals surface area contributed by atoms with E-state index in [2.05, 4.69) is 95.0 Å². The second kappa shape index (κ2) is 19.1. The predicted octanol–water partition coefficient (Wildman–Crippen LogP) is 6.34. The van der Waals surface area contributed by atoms with Crippen LogP contribution in [-0.2, 0) is 16.0 Å². The van der Waals surface area contributed by atoms with Gasteiger partial charge in [0.15, 0.2) is 0 Å². The number of nitrogens with zero attached hydrogens (tertiary/aromatic N) is 3. The molecule has 44 heavy (non-hydrogen) atoms. The number of fused-ring (bicyclic) bond motifs is 1. The SMILES string of the molecule is CN(C)CCC(c1ccc(Cl)cc1)c1ccccn1.Cl.O=C(O)/C=C\C(=O)O.c1ccc2c(CC3=NCCN3)cccc2c1. The molecule has 1 aliphatic heterocycles. The van der Waals surface area contributed by atoms with E-state index in [1.807, 2.05) is 30.5 Å². The molecule has 3 N–H and O–H groups in total. The number of benzene rings is 3.